The molecule has 2 saturated heterocycles. The van der Waals surface area contributed by atoms with Gasteiger partial charge in [-0.3, -0.25) is 4.79 Å². The Hall–Kier alpha value is -0.610. The lowest BCUT2D eigenvalue weighted by atomic mass is 9.99. The van der Waals surface area contributed by atoms with Crippen LogP contribution in [0.3, 0.4) is 0 Å². The first-order valence-electron chi connectivity index (χ1n) is 7.96. The van der Waals surface area contributed by atoms with Gasteiger partial charge in [-0.05, 0) is 45.1 Å². The maximum atomic E-state index is 12.7. The third-order valence-electron chi connectivity index (χ3n) is 4.61. The molecule has 3 rings (SSSR count). The second-order valence-corrected chi connectivity index (χ2v) is 6.28. The van der Waals surface area contributed by atoms with E-state index in [1.54, 1.807) is 0 Å². The van der Waals surface area contributed by atoms with Gasteiger partial charge in [-0.15, -0.1) is 0 Å². The van der Waals surface area contributed by atoms with E-state index >= 15 is 0 Å². The normalized spacial score (nSPS) is 32.0. The molecule has 1 amide bonds. The number of ether oxygens (including phenoxy) is 1. The lowest BCUT2D eigenvalue weighted by molar-refractivity contribution is -0.140. The molecule has 0 aromatic rings. The number of nitrogens with zero attached hydrogens (tertiary/aromatic N) is 1. The number of piperidine rings is 1. The Morgan fingerprint density at radius 1 is 1.16 bits per heavy atom. The molecule has 2 heterocycles. The zero-order valence-corrected chi connectivity index (χ0v) is 11.8. The molecular weight excluding hydrogens is 240 g/mol. The monoisotopic (exact) mass is 266 g/mol. The summed E-state index contributed by atoms with van der Waals surface area (Å²) in [6, 6.07) is 1.04. The predicted octanol–water partition coefficient (Wildman–Crippen LogP) is 1.55. The van der Waals surface area contributed by atoms with Crippen molar-refractivity contribution in [2.24, 2.45) is 5.92 Å². The van der Waals surface area contributed by atoms with Crippen LogP contribution in [0.5, 0.6) is 0 Å². The molecule has 4 nitrogen and oxygen atoms in total. The summed E-state index contributed by atoms with van der Waals surface area (Å²) in [5.41, 5.74) is 0. The molecular formula is C15H26N2O2. The minimum atomic E-state index is 0.123. The number of amides is 1. The maximum Gasteiger partial charge on any atom is 0.228 e. The molecule has 2 aliphatic heterocycles. The third kappa shape index (κ3) is 3.48. The highest BCUT2D eigenvalue weighted by molar-refractivity contribution is 5.79. The van der Waals surface area contributed by atoms with Crippen LogP contribution in [0.25, 0.3) is 0 Å². The first-order valence-corrected chi connectivity index (χ1v) is 7.96. The van der Waals surface area contributed by atoms with Gasteiger partial charge in [0.25, 0.3) is 0 Å². The number of nitrogens with one attached hydrogen (secondary N) is 1. The third-order valence-corrected chi connectivity index (χ3v) is 4.61. The Labute approximate surface area is 115 Å². The summed E-state index contributed by atoms with van der Waals surface area (Å²) in [7, 11) is 0. The molecule has 1 N–H and O–H groups in total. The van der Waals surface area contributed by atoms with Crippen molar-refractivity contribution in [2.75, 3.05) is 26.3 Å². The summed E-state index contributed by atoms with van der Waals surface area (Å²) in [5.74, 6) is 0.479. The molecule has 1 saturated carbocycles. The molecule has 0 radical (unpaired) electrons. The summed E-state index contributed by atoms with van der Waals surface area (Å²) in [4.78, 5) is 14.8. The molecule has 0 spiro atoms. The van der Waals surface area contributed by atoms with Crippen molar-refractivity contribution in [2.45, 2.75) is 57.0 Å². The van der Waals surface area contributed by atoms with Crippen molar-refractivity contribution in [3.8, 4) is 0 Å². The summed E-state index contributed by atoms with van der Waals surface area (Å²) in [6.45, 7) is 3.50. The highest BCUT2D eigenvalue weighted by Crippen LogP contribution is 2.30. The highest BCUT2D eigenvalue weighted by atomic mass is 16.5. The molecule has 3 aliphatic rings. The van der Waals surface area contributed by atoms with E-state index in [0.717, 1.165) is 32.5 Å². The van der Waals surface area contributed by atoms with Gasteiger partial charge in [-0.25, -0.2) is 0 Å². The van der Waals surface area contributed by atoms with Crippen LogP contribution in [0.15, 0.2) is 0 Å². The Bertz CT molecular complexity index is 305. The van der Waals surface area contributed by atoms with Crippen molar-refractivity contribution in [3.05, 3.63) is 0 Å². The van der Waals surface area contributed by atoms with E-state index in [2.05, 4.69) is 10.2 Å². The Morgan fingerprint density at radius 2 is 2.05 bits per heavy atom. The van der Waals surface area contributed by atoms with Gasteiger partial charge in [-0.2, -0.15) is 0 Å². The molecule has 0 aromatic carbocycles. The van der Waals surface area contributed by atoms with Crippen molar-refractivity contribution in [1.82, 2.24) is 10.2 Å². The van der Waals surface area contributed by atoms with E-state index < -0.39 is 0 Å². The predicted molar refractivity (Wildman–Crippen MR) is 73.9 cm³/mol. The average molecular weight is 266 g/mol. The molecule has 0 aromatic heterocycles. The van der Waals surface area contributed by atoms with Gasteiger partial charge in [-0.1, -0.05) is 6.42 Å². The fourth-order valence-corrected chi connectivity index (χ4v) is 3.29. The maximum absolute atomic E-state index is 12.7. The highest BCUT2D eigenvalue weighted by Gasteiger charge is 2.37. The quantitative estimate of drug-likeness (QED) is 0.839. The van der Waals surface area contributed by atoms with Crippen LogP contribution in [-0.2, 0) is 9.53 Å². The Balaban J connectivity index is 1.57. The standard InChI is InChI=1S/C15H26N2O2/c18-15(12-4-3-9-19-11-12)17(14-6-7-14)10-13-5-1-2-8-16-13/h12-14,16H,1-11H2. The van der Waals surface area contributed by atoms with Crippen molar-refractivity contribution >= 4 is 5.91 Å². The minimum Gasteiger partial charge on any atom is -0.381 e. The van der Waals surface area contributed by atoms with Crippen LogP contribution in [-0.4, -0.2) is 49.2 Å². The smallest absolute Gasteiger partial charge is 0.228 e. The molecule has 108 valence electrons. The van der Waals surface area contributed by atoms with Crippen molar-refractivity contribution in [3.63, 3.8) is 0 Å². The Morgan fingerprint density at radius 3 is 2.68 bits per heavy atom. The lowest BCUT2D eigenvalue weighted by Gasteiger charge is -2.34. The first-order chi connectivity index (χ1) is 9.34. The van der Waals surface area contributed by atoms with Crippen LogP contribution < -0.4 is 5.32 Å². The van der Waals surface area contributed by atoms with Crippen LogP contribution in [0.2, 0.25) is 0 Å². The molecule has 0 bridgehead atoms. The van der Waals surface area contributed by atoms with Gasteiger partial charge in [0, 0.05) is 25.2 Å². The molecule has 2 unspecified atom stereocenters. The average Bonchev–Trinajstić information content (AvgIpc) is 3.31. The topological polar surface area (TPSA) is 41.6 Å². The number of carbonyl (C=O) groups excluding carboxylic acids is 1. The summed E-state index contributed by atoms with van der Waals surface area (Å²) in [6.07, 6.45) is 8.26. The second kappa shape index (κ2) is 6.23. The number of rotatable bonds is 4. The first kappa shape index (κ1) is 13.4. The van der Waals surface area contributed by atoms with E-state index in [9.17, 15) is 4.79 Å². The Kier molecular flexibility index (Phi) is 4.38. The van der Waals surface area contributed by atoms with Crippen LogP contribution in [0.4, 0.5) is 0 Å². The van der Waals surface area contributed by atoms with Gasteiger partial charge in [0.15, 0.2) is 0 Å². The van der Waals surface area contributed by atoms with Gasteiger partial charge in [0.05, 0.1) is 12.5 Å². The zero-order chi connectivity index (χ0) is 13.1. The number of carbonyl (C=O) groups is 1. The molecule has 3 fully saturated rings. The van der Waals surface area contributed by atoms with Gasteiger partial charge < -0.3 is 15.0 Å². The second-order valence-electron chi connectivity index (χ2n) is 6.28. The number of hydrogen-bond donors (Lipinski definition) is 1. The van der Waals surface area contributed by atoms with Crippen molar-refractivity contribution in [1.29, 1.82) is 0 Å². The van der Waals surface area contributed by atoms with Crippen LogP contribution in [0, 0.1) is 5.92 Å². The van der Waals surface area contributed by atoms with Gasteiger partial charge in [0.2, 0.25) is 5.91 Å². The molecule has 4 heteroatoms. The molecule has 1 aliphatic carbocycles. The SMILES string of the molecule is O=C(C1CCCOC1)N(CC1CCCCN1)C1CC1. The minimum absolute atomic E-state index is 0.123. The van der Waals surface area contributed by atoms with Crippen LogP contribution >= 0.6 is 0 Å². The van der Waals surface area contributed by atoms with E-state index in [1.807, 2.05) is 0 Å². The summed E-state index contributed by atoms with van der Waals surface area (Å²) < 4.78 is 5.48. The number of hydrogen-bond acceptors (Lipinski definition) is 3. The van der Waals surface area contributed by atoms with Gasteiger partial charge in [0.1, 0.15) is 0 Å². The van der Waals surface area contributed by atoms with E-state index in [-0.39, 0.29) is 5.92 Å². The summed E-state index contributed by atoms with van der Waals surface area (Å²) >= 11 is 0. The van der Waals surface area contributed by atoms with Crippen molar-refractivity contribution < 1.29 is 9.53 Å². The molecule has 2 atom stereocenters. The molecule has 19 heavy (non-hydrogen) atoms. The fourth-order valence-electron chi connectivity index (χ4n) is 3.29. The lowest BCUT2D eigenvalue weighted by Crippen LogP contribution is -2.49. The zero-order valence-electron chi connectivity index (χ0n) is 11.8. The van der Waals surface area contributed by atoms with E-state index in [0.29, 0.717) is 24.6 Å². The van der Waals surface area contributed by atoms with Gasteiger partial charge >= 0.3 is 0 Å². The van der Waals surface area contributed by atoms with Crippen LogP contribution in [0.1, 0.15) is 44.9 Å². The largest absolute Gasteiger partial charge is 0.381 e. The summed E-state index contributed by atoms with van der Waals surface area (Å²) in [5, 5.41) is 3.56. The fraction of sp³-hybridized carbons (Fsp3) is 0.933. The van der Waals surface area contributed by atoms with E-state index in [1.165, 1.54) is 32.1 Å². The van der Waals surface area contributed by atoms with E-state index in [4.69, 9.17) is 4.74 Å².